The van der Waals surface area contributed by atoms with Crippen molar-refractivity contribution in [2.45, 2.75) is 48.3 Å². The molecule has 0 radical (unpaired) electrons. The van der Waals surface area contributed by atoms with Gasteiger partial charge in [-0.05, 0) is 64.2 Å². The van der Waals surface area contributed by atoms with Crippen LogP contribution >= 0.6 is 27.7 Å². The molecule has 1 saturated carbocycles. The highest BCUT2D eigenvalue weighted by Crippen LogP contribution is 2.33. The van der Waals surface area contributed by atoms with Crippen LogP contribution in [0.15, 0.2) is 68.5 Å². The van der Waals surface area contributed by atoms with Crippen molar-refractivity contribution in [1.82, 2.24) is 5.32 Å². The van der Waals surface area contributed by atoms with Crippen LogP contribution < -0.4 is 5.32 Å². The van der Waals surface area contributed by atoms with Crippen LogP contribution in [-0.2, 0) is 9.59 Å². The molecular weight excluding hydrogens is 450 g/mol. The van der Waals surface area contributed by atoms with Gasteiger partial charge in [0, 0.05) is 20.7 Å². The lowest BCUT2D eigenvalue weighted by Crippen LogP contribution is -2.27. The minimum atomic E-state index is -1.13. The third-order valence-corrected chi connectivity index (χ3v) is 7.05. The summed E-state index contributed by atoms with van der Waals surface area (Å²) in [5.41, 5.74) is 0.641. The topological polar surface area (TPSA) is 66.4 Å². The number of halogens is 1. The number of aliphatic carboxylic acids is 1. The van der Waals surface area contributed by atoms with E-state index in [0.29, 0.717) is 12.3 Å². The van der Waals surface area contributed by atoms with Gasteiger partial charge in [-0.1, -0.05) is 61.7 Å². The molecule has 152 valence electrons. The summed E-state index contributed by atoms with van der Waals surface area (Å²) < 4.78 is 1.03. The van der Waals surface area contributed by atoms with Gasteiger partial charge in [0.2, 0.25) is 5.91 Å². The van der Waals surface area contributed by atoms with Crippen molar-refractivity contribution in [1.29, 1.82) is 0 Å². The predicted octanol–water partition coefficient (Wildman–Crippen LogP) is 6.11. The first-order chi connectivity index (χ1) is 14.0. The summed E-state index contributed by atoms with van der Waals surface area (Å²) in [6, 6.07) is 15.6. The van der Waals surface area contributed by atoms with Crippen LogP contribution in [0, 0.1) is 5.92 Å². The molecule has 0 atom stereocenters. The largest absolute Gasteiger partial charge is 0.477 e. The van der Waals surface area contributed by atoms with Crippen molar-refractivity contribution in [3.05, 3.63) is 64.3 Å². The lowest BCUT2D eigenvalue weighted by atomic mass is 10.0. The molecule has 2 N–H and O–H groups in total. The van der Waals surface area contributed by atoms with Crippen molar-refractivity contribution in [3.63, 3.8) is 0 Å². The fourth-order valence-electron chi connectivity index (χ4n) is 3.45. The predicted molar refractivity (Wildman–Crippen MR) is 120 cm³/mol. The second kappa shape index (κ2) is 10.6. The zero-order valence-electron chi connectivity index (χ0n) is 16.1. The van der Waals surface area contributed by atoms with Gasteiger partial charge in [-0.3, -0.25) is 4.79 Å². The Morgan fingerprint density at radius 3 is 2.45 bits per heavy atom. The molecular formula is C23H24BrNO3S. The molecule has 1 aliphatic carbocycles. The Morgan fingerprint density at radius 2 is 1.79 bits per heavy atom. The molecule has 1 aliphatic rings. The Labute approximate surface area is 183 Å². The van der Waals surface area contributed by atoms with E-state index in [1.807, 2.05) is 48.5 Å². The summed E-state index contributed by atoms with van der Waals surface area (Å²) in [5.74, 6) is -0.759. The van der Waals surface area contributed by atoms with Crippen LogP contribution in [0.2, 0.25) is 0 Å². The lowest BCUT2D eigenvalue weighted by molar-refractivity contribution is -0.134. The van der Waals surface area contributed by atoms with Crippen LogP contribution in [0.1, 0.15) is 44.1 Å². The summed E-state index contributed by atoms with van der Waals surface area (Å²) in [7, 11) is 0. The first-order valence-corrected chi connectivity index (χ1v) is 11.4. The third-order valence-electron chi connectivity index (χ3n) is 5.01. The fraction of sp³-hybridized carbons (Fsp3) is 0.304. The standard InChI is InChI=1S/C23H24BrNO3S/c24-19-7-3-4-8-21(19)29-18-12-9-17(10-13-18)15-20(23(27)28)25-22(26)14-11-16-5-1-2-6-16/h3-4,7-10,12-13,15-16H,1-2,5-6,11,14H2,(H,25,26)(H,27,28). The average Bonchev–Trinajstić information content (AvgIpc) is 3.23. The number of nitrogens with one attached hydrogen (secondary N) is 1. The molecule has 29 heavy (non-hydrogen) atoms. The maximum absolute atomic E-state index is 12.2. The minimum Gasteiger partial charge on any atom is -0.477 e. The van der Waals surface area contributed by atoms with E-state index in [4.69, 9.17) is 0 Å². The SMILES string of the molecule is O=C(CCC1CCCC1)NC(=Cc1ccc(Sc2ccccc2Br)cc1)C(=O)O. The first-order valence-electron chi connectivity index (χ1n) is 9.78. The molecule has 3 rings (SSSR count). The second-order valence-electron chi connectivity index (χ2n) is 7.20. The number of carboxylic acid groups (broad SMARTS) is 1. The molecule has 0 unspecified atom stereocenters. The molecule has 0 aliphatic heterocycles. The number of benzene rings is 2. The van der Waals surface area contributed by atoms with Gasteiger partial charge in [0.25, 0.3) is 0 Å². The zero-order chi connectivity index (χ0) is 20.6. The van der Waals surface area contributed by atoms with Crippen LogP contribution in [0.3, 0.4) is 0 Å². The van der Waals surface area contributed by atoms with Gasteiger partial charge in [-0.2, -0.15) is 0 Å². The van der Waals surface area contributed by atoms with Crippen LogP contribution in [0.25, 0.3) is 6.08 Å². The summed E-state index contributed by atoms with van der Waals surface area (Å²) in [6.07, 6.45) is 7.54. The molecule has 0 saturated heterocycles. The molecule has 0 spiro atoms. The van der Waals surface area contributed by atoms with E-state index in [0.717, 1.165) is 26.2 Å². The Hall–Kier alpha value is -2.05. The van der Waals surface area contributed by atoms with E-state index < -0.39 is 5.97 Å². The molecule has 1 amide bonds. The average molecular weight is 474 g/mol. The molecule has 6 heteroatoms. The normalized spacial score (nSPS) is 14.7. The number of hydrogen-bond acceptors (Lipinski definition) is 3. The van der Waals surface area contributed by atoms with Crippen molar-refractivity contribution in [3.8, 4) is 0 Å². The summed E-state index contributed by atoms with van der Waals surface area (Å²) in [4.78, 5) is 25.9. The maximum Gasteiger partial charge on any atom is 0.352 e. The van der Waals surface area contributed by atoms with E-state index in [9.17, 15) is 14.7 Å². The number of carbonyl (C=O) groups is 2. The Bertz CT molecular complexity index is 889. The summed E-state index contributed by atoms with van der Waals surface area (Å²) in [5, 5.41) is 12.0. The van der Waals surface area contributed by atoms with Gasteiger partial charge in [-0.15, -0.1) is 0 Å². The Kier molecular flexibility index (Phi) is 7.95. The van der Waals surface area contributed by atoms with Gasteiger partial charge in [-0.25, -0.2) is 4.79 Å². The molecule has 2 aromatic carbocycles. The highest BCUT2D eigenvalue weighted by atomic mass is 79.9. The van der Waals surface area contributed by atoms with E-state index in [-0.39, 0.29) is 11.6 Å². The molecule has 0 aromatic heterocycles. The highest BCUT2D eigenvalue weighted by Gasteiger charge is 2.17. The van der Waals surface area contributed by atoms with Gasteiger partial charge in [0.05, 0.1) is 0 Å². The van der Waals surface area contributed by atoms with Crippen LogP contribution in [0.5, 0.6) is 0 Å². The van der Waals surface area contributed by atoms with E-state index >= 15 is 0 Å². The molecule has 2 aromatic rings. The summed E-state index contributed by atoms with van der Waals surface area (Å²) >= 11 is 5.16. The maximum atomic E-state index is 12.2. The van der Waals surface area contributed by atoms with Crippen LogP contribution in [-0.4, -0.2) is 17.0 Å². The van der Waals surface area contributed by atoms with Crippen molar-refractivity contribution in [2.24, 2.45) is 5.92 Å². The number of rotatable bonds is 8. The van der Waals surface area contributed by atoms with Gasteiger partial charge >= 0.3 is 5.97 Å². The zero-order valence-corrected chi connectivity index (χ0v) is 18.5. The lowest BCUT2D eigenvalue weighted by Gasteiger charge is -2.10. The molecule has 4 nitrogen and oxygen atoms in total. The third kappa shape index (κ3) is 6.75. The Morgan fingerprint density at radius 1 is 1.10 bits per heavy atom. The van der Waals surface area contributed by atoms with Gasteiger partial charge < -0.3 is 10.4 Å². The van der Waals surface area contributed by atoms with Crippen molar-refractivity contribution >= 4 is 45.6 Å². The quantitative estimate of drug-likeness (QED) is 0.453. The fourth-order valence-corrected chi connectivity index (χ4v) is 4.82. The number of carbonyl (C=O) groups excluding carboxylic acids is 1. The molecule has 0 bridgehead atoms. The number of amides is 1. The van der Waals surface area contributed by atoms with E-state index in [1.165, 1.54) is 31.8 Å². The second-order valence-corrected chi connectivity index (χ2v) is 9.17. The van der Waals surface area contributed by atoms with E-state index in [1.54, 1.807) is 11.8 Å². The van der Waals surface area contributed by atoms with Gasteiger partial charge in [0.1, 0.15) is 5.70 Å². The number of hydrogen-bond donors (Lipinski definition) is 2. The van der Waals surface area contributed by atoms with E-state index in [2.05, 4.69) is 21.2 Å². The Balaban J connectivity index is 1.61. The smallest absolute Gasteiger partial charge is 0.352 e. The van der Waals surface area contributed by atoms with Crippen molar-refractivity contribution in [2.75, 3.05) is 0 Å². The highest BCUT2D eigenvalue weighted by molar-refractivity contribution is 9.10. The summed E-state index contributed by atoms with van der Waals surface area (Å²) in [6.45, 7) is 0. The number of carboxylic acids is 1. The van der Waals surface area contributed by atoms with Gasteiger partial charge in [0.15, 0.2) is 0 Å². The van der Waals surface area contributed by atoms with Crippen molar-refractivity contribution < 1.29 is 14.7 Å². The minimum absolute atomic E-state index is 0.0902. The molecule has 1 fully saturated rings. The van der Waals surface area contributed by atoms with Crippen LogP contribution in [0.4, 0.5) is 0 Å². The molecule has 0 heterocycles. The monoisotopic (exact) mass is 473 g/mol. The first kappa shape index (κ1) is 21.7.